The molecule has 158 valence electrons. The molecule has 3 heterocycles. The van der Waals surface area contributed by atoms with E-state index in [4.69, 9.17) is 0 Å². The van der Waals surface area contributed by atoms with Crippen LogP contribution in [0.25, 0.3) is 11.1 Å². The Bertz CT molecular complexity index is 934. The first kappa shape index (κ1) is 20.2. The molecule has 0 saturated heterocycles. The summed E-state index contributed by atoms with van der Waals surface area (Å²) in [4.78, 5) is 4.50. The van der Waals surface area contributed by atoms with Crippen molar-refractivity contribution in [2.75, 3.05) is 22.9 Å². The van der Waals surface area contributed by atoms with Crippen molar-refractivity contribution >= 4 is 21.7 Å². The van der Waals surface area contributed by atoms with Gasteiger partial charge in [0.15, 0.2) is 0 Å². The molecule has 0 amide bonds. The molecule has 0 aromatic carbocycles. The number of anilines is 2. The van der Waals surface area contributed by atoms with Crippen molar-refractivity contribution in [1.82, 2.24) is 19.5 Å². The van der Waals surface area contributed by atoms with E-state index in [0.717, 1.165) is 74.4 Å². The molecule has 2 aliphatic rings. The number of hydrogen-bond donors (Lipinski definition) is 3. The van der Waals surface area contributed by atoms with Crippen LogP contribution < -0.4 is 15.4 Å². The molecule has 1 aliphatic heterocycles. The average Bonchev–Trinajstić information content (AvgIpc) is 2.98. The van der Waals surface area contributed by atoms with Crippen LogP contribution in [-0.4, -0.2) is 47.6 Å². The highest BCUT2D eigenvalue weighted by molar-refractivity contribution is 7.89. The van der Waals surface area contributed by atoms with Crippen LogP contribution in [0, 0.1) is 0 Å². The number of aryl methyl sites for hydroxylation is 1. The number of fused-ring (bicyclic) bond motifs is 1. The second-order valence-corrected chi connectivity index (χ2v) is 9.95. The summed E-state index contributed by atoms with van der Waals surface area (Å²) >= 11 is 0. The molecule has 0 radical (unpaired) electrons. The highest BCUT2D eigenvalue weighted by atomic mass is 32.2. The monoisotopic (exact) mass is 418 g/mol. The Hall–Kier alpha value is -2.13. The first-order chi connectivity index (χ1) is 14.0. The largest absolute Gasteiger partial charge is 0.370 e. The molecule has 3 N–H and O–H groups in total. The summed E-state index contributed by atoms with van der Waals surface area (Å²) in [5.41, 5.74) is 2.21. The predicted octanol–water partition coefficient (Wildman–Crippen LogP) is 2.81. The molecule has 4 rings (SSSR count). The fourth-order valence-electron chi connectivity index (χ4n) is 4.12. The first-order valence-electron chi connectivity index (χ1n) is 10.6. The molecule has 1 aliphatic carbocycles. The van der Waals surface area contributed by atoms with Gasteiger partial charge in [-0.3, -0.25) is 0 Å². The minimum absolute atomic E-state index is 0.0474. The van der Waals surface area contributed by atoms with Crippen LogP contribution in [0.3, 0.4) is 0 Å². The van der Waals surface area contributed by atoms with Crippen LogP contribution in [0.4, 0.5) is 11.6 Å². The van der Waals surface area contributed by atoms with Crippen LogP contribution in [0.1, 0.15) is 45.4 Å². The Morgan fingerprint density at radius 1 is 1.21 bits per heavy atom. The third-order valence-corrected chi connectivity index (χ3v) is 7.26. The molecule has 0 spiro atoms. The number of pyridine rings is 1. The lowest BCUT2D eigenvalue weighted by molar-refractivity contribution is 0.387. The summed E-state index contributed by atoms with van der Waals surface area (Å²) in [6.07, 6.45) is 9.59. The molecule has 1 saturated carbocycles. The lowest BCUT2D eigenvalue weighted by Gasteiger charge is -2.29. The maximum atomic E-state index is 11.8. The van der Waals surface area contributed by atoms with Gasteiger partial charge in [0.25, 0.3) is 0 Å². The van der Waals surface area contributed by atoms with Crippen LogP contribution in [0.5, 0.6) is 0 Å². The van der Waals surface area contributed by atoms with Gasteiger partial charge in [0, 0.05) is 36.9 Å². The lowest BCUT2D eigenvalue weighted by atomic mass is 9.92. The highest BCUT2D eigenvalue weighted by Gasteiger charge is 2.24. The molecule has 2 aromatic rings. The highest BCUT2D eigenvalue weighted by Crippen LogP contribution is 2.31. The smallest absolute Gasteiger partial charge is 0.211 e. The van der Waals surface area contributed by atoms with Gasteiger partial charge in [-0.1, -0.05) is 0 Å². The van der Waals surface area contributed by atoms with E-state index in [1.165, 1.54) is 0 Å². The van der Waals surface area contributed by atoms with Crippen molar-refractivity contribution in [3.8, 4) is 11.1 Å². The fourth-order valence-corrected chi connectivity index (χ4v) is 5.04. The van der Waals surface area contributed by atoms with E-state index in [9.17, 15) is 8.42 Å². The minimum Gasteiger partial charge on any atom is -0.370 e. The summed E-state index contributed by atoms with van der Waals surface area (Å²) < 4.78 is 28.4. The van der Waals surface area contributed by atoms with Gasteiger partial charge in [-0.25, -0.2) is 22.8 Å². The molecule has 1 fully saturated rings. The van der Waals surface area contributed by atoms with Crippen LogP contribution >= 0.6 is 0 Å². The van der Waals surface area contributed by atoms with E-state index < -0.39 is 10.0 Å². The summed E-state index contributed by atoms with van der Waals surface area (Å²) in [7, 11) is -3.13. The molecule has 9 heteroatoms. The summed E-state index contributed by atoms with van der Waals surface area (Å²) in [6, 6.07) is 4.45. The number of nitrogens with zero attached hydrogens (tertiary/aromatic N) is 3. The lowest BCUT2D eigenvalue weighted by Crippen LogP contribution is -2.40. The molecule has 29 heavy (non-hydrogen) atoms. The molecular formula is C20H30N6O2S. The van der Waals surface area contributed by atoms with Gasteiger partial charge in [0.1, 0.15) is 11.6 Å². The SMILES string of the molecule is CCS(=O)(=O)N[C@H]1CC[C@H](Nc2cc(-c3cnn4c3NCCCC4)ccn2)CC1. The Morgan fingerprint density at radius 2 is 2.00 bits per heavy atom. The molecular weight excluding hydrogens is 388 g/mol. The molecule has 0 bridgehead atoms. The maximum Gasteiger partial charge on any atom is 0.211 e. The van der Waals surface area contributed by atoms with E-state index in [-0.39, 0.29) is 11.8 Å². The third kappa shape index (κ3) is 4.90. The normalized spacial score (nSPS) is 22.4. The molecule has 2 aromatic heterocycles. The zero-order valence-electron chi connectivity index (χ0n) is 16.9. The summed E-state index contributed by atoms with van der Waals surface area (Å²) in [6.45, 7) is 3.59. The van der Waals surface area contributed by atoms with E-state index >= 15 is 0 Å². The van der Waals surface area contributed by atoms with Gasteiger partial charge in [-0.2, -0.15) is 5.10 Å². The fraction of sp³-hybridized carbons (Fsp3) is 0.600. The minimum atomic E-state index is -3.13. The molecule has 0 unspecified atom stereocenters. The quantitative estimate of drug-likeness (QED) is 0.667. The average molecular weight is 419 g/mol. The van der Waals surface area contributed by atoms with Gasteiger partial charge in [-0.05, 0) is 63.1 Å². The number of hydrogen-bond acceptors (Lipinski definition) is 6. The van der Waals surface area contributed by atoms with Crippen LogP contribution in [0.15, 0.2) is 24.5 Å². The third-order valence-electron chi connectivity index (χ3n) is 5.80. The zero-order valence-corrected chi connectivity index (χ0v) is 17.7. The van der Waals surface area contributed by atoms with Crippen molar-refractivity contribution in [2.24, 2.45) is 0 Å². The molecule has 8 nitrogen and oxygen atoms in total. The van der Waals surface area contributed by atoms with Crippen molar-refractivity contribution in [2.45, 2.75) is 64.1 Å². The number of nitrogens with one attached hydrogen (secondary N) is 3. The Balaban J connectivity index is 1.40. The van der Waals surface area contributed by atoms with E-state index in [2.05, 4.69) is 36.2 Å². The van der Waals surface area contributed by atoms with Gasteiger partial charge >= 0.3 is 0 Å². The van der Waals surface area contributed by atoms with Gasteiger partial charge in [0.05, 0.1) is 11.9 Å². The number of sulfonamides is 1. The Labute approximate surface area is 172 Å². The van der Waals surface area contributed by atoms with Crippen molar-refractivity contribution < 1.29 is 8.42 Å². The second kappa shape index (κ2) is 8.71. The number of aromatic nitrogens is 3. The van der Waals surface area contributed by atoms with Crippen LogP contribution in [-0.2, 0) is 16.6 Å². The van der Waals surface area contributed by atoms with Crippen molar-refractivity contribution in [3.05, 3.63) is 24.5 Å². The van der Waals surface area contributed by atoms with Crippen molar-refractivity contribution in [3.63, 3.8) is 0 Å². The summed E-state index contributed by atoms with van der Waals surface area (Å²) in [5.74, 6) is 2.08. The summed E-state index contributed by atoms with van der Waals surface area (Å²) in [5, 5.41) is 11.6. The van der Waals surface area contributed by atoms with Gasteiger partial charge in [-0.15, -0.1) is 0 Å². The van der Waals surface area contributed by atoms with E-state index in [1.807, 2.05) is 18.5 Å². The topological polar surface area (TPSA) is 101 Å². The van der Waals surface area contributed by atoms with E-state index in [1.54, 1.807) is 6.92 Å². The van der Waals surface area contributed by atoms with Gasteiger partial charge < -0.3 is 10.6 Å². The van der Waals surface area contributed by atoms with Gasteiger partial charge in [0.2, 0.25) is 10.0 Å². The standard InChI is InChI=1S/C20H30N6O2S/c1-2-29(27,28)25-17-7-5-16(6-8-17)24-19-13-15(9-11-21-19)18-14-23-26-12-4-3-10-22-20(18)26/h9,11,13-14,16-17,22,25H,2-8,10,12H2,1H3,(H,21,24)/t16-,17-. The van der Waals surface area contributed by atoms with Crippen molar-refractivity contribution in [1.29, 1.82) is 0 Å². The number of rotatable bonds is 6. The van der Waals surface area contributed by atoms with Crippen LogP contribution in [0.2, 0.25) is 0 Å². The first-order valence-corrected chi connectivity index (χ1v) is 12.2. The zero-order chi connectivity index (χ0) is 20.3. The Kier molecular flexibility index (Phi) is 6.05. The Morgan fingerprint density at radius 3 is 2.79 bits per heavy atom. The molecule has 0 atom stereocenters. The van der Waals surface area contributed by atoms with E-state index in [0.29, 0.717) is 6.04 Å². The maximum absolute atomic E-state index is 11.8. The predicted molar refractivity (Wildman–Crippen MR) is 115 cm³/mol. The second-order valence-electron chi connectivity index (χ2n) is 7.91.